The molecule has 0 amide bonds. The number of nitrogens with zero attached hydrogens (tertiary/aromatic N) is 3. The highest BCUT2D eigenvalue weighted by Crippen LogP contribution is 2.17. The van der Waals surface area contributed by atoms with Gasteiger partial charge in [0.05, 0.1) is 12.2 Å². The van der Waals surface area contributed by atoms with E-state index in [2.05, 4.69) is 36.0 Å². The lowest BCUT2D eigenvalue weighted by atomic mass is 10.4. The van der Waals surface area contributed by atoms with Crippen molar-refractivity contribution in [2.45, 2.75) is 40.2 Å². The number of likely N-dealkylation sites (tertiary alicyclic amines) is 1. The lowest BCUT2D eigenvalue weighted by Gasteiger charge is -2.20. The molecule has 0 atom stereocenters. The zero-order valence-electron chi connectivity index (χ0n) is 11.5. The molecule has 1 fully saturated rings. The normalized spacial score (nSPS) is 16.4. The predicted octanol–water partition coefficient (Wildman–Crippen LogP) is 2.32. The Hall–Kier alpha value is -1.10. The van der Waals surface area contributed by atoms with Crippen LogP contribution in [0.1, 0.15) is 35.3 Å². The molecule has 0 aliphatic carbocycles. The average Bonchev–Trinajstić information content (AvgIpc) is 2.96. The fraction of sp³-hybridized carbons (Fsp3) is 0.692. The van der Waals surface area contributed by atoms with Gasteiger partial charge in [-0.15, -0.1) is 11.3 Å². The number of thiazole rings is 1. The summed E-state index contributed by atoms with van der Waals surface area (Å²) in [5.41, 5.74) is 1.14. The van der Waals surface area contributed by atoms with Gasteiger partial charge in [-0.05, 0) is 33.6 Å². The van der Waals surface area contributed by atoms with E-state index in [1.165, 1.54) is 17.7 Å². The van der Waals surface area contributed by atoms with Gasteiger partial charge in [-0.1, -0.05) is 0 Å². The Morgan fingerprint density at radius 1 is 1.39 bits per heavy atom. The van der Waals surface area contributed by atoms with Crippen molar-refractivity contribution in [3.05, 3.63) is 15.6 Å². The van der Waals surface area contributed by atoms with Gasteiger partial charge in [-0.2, -0.15) is 0 Å². The van der Waals surface area contributed by atoms with Crippen LogP contribution in [0.15, 0.2) is 4.99 Å². The van der Waals surface area contributed by atoms with Crippen LogP contribution in [-0.4, -0.2) is 35.5 Å². The third kappa shape index (κ3) is 3.22. The van der Waals surface area contributed by atoms with Crippen LogP contribution in [0.3, 0.4) is 0 Å². The Bertz CT molecular complexity index is 399. The fourth-order valence-corrected chi connectivity index (χ4v) is 2.96. The van der Waals surface area contributed by atoms with Gasteiger partial charge < -0.3 is 10.2 Å². The molecule has 0 unspecified atom stereocenters. The van der Waals surface area contributed by atoms with Crippen LogP contribution in [0.4, 0.5) is 0 Å². The van der Waals surface area contributed by atoms with E-state index in [9.17, 15) is 0 Å². The SMILES string of the molecule is CCNC(=NCc1nc(C)c(C)s1)N1CCCC1. The third-order valence-corrected chi connectivity index (χ3v) is 4.24. The third-order valence-electron chi connectivity index (χ3n) is 3.18. The van der Waals surface area contributed by atoms with Crippen LogP contribution in [0.5, 0.6) is 0 Å². The Labute approximate surface area is 113 Å². The summed E-state index contributed by atoms with van der Waals surface area (Å²) in [6.07, 6.45) is 2.56. The lowest BCUT2D eigenvalue weighted by Crippen LogP contribution is -2.39. The molecule has 1 aromatic heterocycles. The molecule has 1 aliphatic heterocycles. The van der Waals surface area contributed by atoms with Gasteiger partial charge >= 0.3 is 0 Å². The van der Waals surface area contributed by atoms with Crippen molar-refractivity contribution in [3.63, 3.8) is 0 Å². The fourth-order valence-electron chi connectivity index (χ4n) is 2.10. The number of hydrogen-bond acceptors (Lipinski definition) is 3. The molecule has 1 N–H and O–H groups in total. The smallest absolute Gasteiger partial charge is 0.194 e. The summed E-state index contributed by atoms with van der Waals surface area (Å²) in [7, 11) is 0. The highest BCUT2D eigenvalue weighted by atomic mass is 32.1. The quantitative estimate of drug-likeness (QED) is 0.674. The van der Waals surface area contributed by atoms with Crippen LogP contribution in [0.25, 0.3) is 0 Å². The van der Waals surface area contributed by atoms with Crippen LogP contribution in [-0.2, 0) is 6.54 Å². The van der Waals surface area contributed by atoms with Gasteiger partial charge in [0.2, 0.25) is 0 Å². The molecule has 0 radical (unpaired) electrons. The number of aryl methyl sites for hydroxylation is 2. The summed E-state index contributed by atoms with van der Waals surface area (Å²) in [6, 6.07) is 0. The number of aliphatic imine (C=N–C) groups is 1. The maximum Gasteiger partial charge on any atom is 0.194 e. The molecule has 1 saturated heterocycles. The second kappa shape index (κ2) is 6.18. The highest BCUT2D eigenvalue weighted by molar-refractivity contribution is 7.11. The maximum absolute atomic E-state index is 4.70. The standard InChI is InChI=1S/C13H22N4S/c1-4-14-13(17-7-5-6-8-17)15-9-12-16-10(2)11(3)18-12/h4-9H2,1-3H3,(H,14,15). The molecule has 0 spiro atoms. The van der Waals surface area contributed by atoms with Crippen LogP contribution in [0.2, 0.25) is 0 Å². The largest absolute Gasteiger partial charge is 0.357 e. The van der Waals surface area contributed by atoms with Crippen molar-refractivity contribution >= 4 is 17.3 Å². The highest BCUT2D eigenvalue weighted by Gasteiger charge is 2.15. The zero-order valence-corrected chi connectivity index (χ0v) is 12.3. The van der Waals surface area contributed by atoms with Crippen molar-refractivity contribution < 1.29 is 0 Å². The lowest BCUT2D eigenvalue weighted by molar-refractivity contribution is 0.493. The summed E-state index contributed by atoms with van der Waals surface area (Å²) in [4.78, 5) is 12.9. The molecule has 1 aliphatic rings. The second-order valence-corrected chi connectivity index (χ2v) is 5.90. The van der Waals surface area contributed by atoms with E-state index >= 15 is 0 Å². The molecule has 2 heterocycles. The summed E-state index contributed by atoms with van der Waals surface area (Å²) in [6.45, 7) is 10.2. The predicted molar refractivity (Wildman–Crippen MR) is 77.2 cm³/mol. The van der Waals surface area contributed by atoms with Gasteiger partial charge in [-0.25, -0.2) is 9.98 Å². The summed E-state index contributed by atoms with van der Waals surface area (Å²) >= 11 is 1.75. The zero-order chi connectivity index (χ0) is 13.0. The van der Waals surface area contributed by atoms with Crippen molar-refractivity contribution in [1.29, 1.82) is 0 Å². The summed E-state index contributed by atoms with van der Waals surface area (Å²) < 4.78 is 0. The molecule has 0 aromatic carbocycles. The van der Waals surface area contributed by atoms with Crippen LogP contribution >= 0.6 is 11.3 Å². The van der Waals surface area contributed by atoms with E-state index < -0.39 is 0 Å². The van der Waals surface area contributed by atoms with Crippen molar-refractivity contribution in [1.82, 2.24) is 15.2 Å². The Morgan fingerprint density at radius 3 is 2.67 bits per heavy atom. The number of guanidine groups is 1. The first-order chi connectivity index (χ1) is 8.70. The van der Waals surface area contributed by atoms with E-state index in [4.69, 9.17) is 4.99 Å². The van der Waals surface area contributed by atoms with Crippen molar-refractivity contribution in [3.8, 4) is 0 Å². The Morgan fingerprint density at radius 2 is 2.11 bits per heavy atom. The molecule has 0 saturated carbocycles. The molecule has 100 valence electrons. The molecule has 18 heavy (non-hydrogen) atoms. The van der Waals surface area contributed by atoms with Crippen molar-refractivity contribution in [2.24, 2.45) is 4.99 Å². The maximum atomic E-state index is 4.70. The first kappa shape index (κ1) is 13.3. The summed E-state index contributed by atoms with van der Waals surface area (Å²) in [5, 5.41) is 4.48. The molecule has 2 rings (SSSR count). The number of nitrogens with one attached hydrogen (secondary N) is 1. The molecule has 0 bridgehead atoms. The molecular weight excluding hydrogens is 244 g/mol. The van der Waals surface area contributed by atoms with Gasteiger partial charge in [0.25, 0.3) is 0 Å². The molecular formula is C13H22N4S. The number of aromatic nitrogens is 1. The van der Waals surface area contributed by atoms with Gasteiger partial charge in [0.1, 0.15) is 5.01 Å². The molecule has 5 heteroatoms. The topological polar surface area (TPSA) is 40.5 Å². The second-order valence-electron chi connectivity index (χ2n) is 4.61. The van der Waals surface area contributed by atoms with E-state index in [1.807, 2.05) is 0 Å². The van der Waals surface area contributed by atoms with E-state index in [-0.39, 0.29) is 0 Å². The minimum Gasteiger partial charge on any atom is -0.357 e. The van der Waals surface area contributed by atoms with E-state index in [0.717, 1.165) is 36.3 Å². The minimum atomic E-state index is 0.693. The number of rotatable bonds is 3. The van der Waals surface area contributed by atoms with Crippen LogP contribution < -0.4 is 5.32 Å². The monoisotopic (exact) mass is 266 g/mol. The minimum absolute atomic E-state index is 0.693. The number of hydrogen-bond donors (Lipinski definition) is 1. The van der Waals surface area contributed by atoms with Gasteiger partial charge in [-0.3, -0.25) is 0 Å². The van der Waals surface area contributed by atoms with E-state index in [0.29, 0.717) is 6.54 Å². The Kier molecular flexibility index (Phi) is 4.58. The van der Waals surface area contributed by atoms with Gasteiger partial charge in [0, 0.05) is 24.5 Å². The molecule has 1 aromatic rings. The molecule has 4 nitrogen and oxygen atoms in total. The first-order valence-electron chi connectivity index (χ1n) is 6.67. The average molecular weight is 266 g/mol. The van der Waals surface area contributed by atoms with Crippen LogP contribution in [0, 0.1) is 13.8 Å². The van der Waals surface area contributed by atoms with Gasteiger partial charge in [0.15, 0.2) is 5.96 Å². The first-order valence-corrected chi connectivity index (χ1v) is 7.48. The summed E-state index contributed by atoms with van der Waals surface area (Å²) in [5.74, 6) is 1.04. The van der Waals surface area contributed by atoms with E-state index in [1.54, 1.807) is 11.3 Å². The Balaban J connectivity index is 2.03. The van der Waals surface area contributed by atoms with Crippen molar-refractivity contribution in [2.75, 3.05) is 19.6 Å².